The van der Waals surface area contributed by atoms with Crippen molar-refractivity contribution < 1.29 is 4.79 Å². The van der Waals surface area contributed by atoms with Gasteiger partial charge in [-0.05, 0) is 23.5 Å². The Kier molecular flexibility index (Phi) is 7.33. The van der Waals surface area contributed by atoms with Crippen molar-refractivity contribution in [3.05, 3.63) is 78.4 Å². The molecular formula is C25H30N4OS. The molecule has 0 aliphatic carbocycles. The van der Waals surface area contributed by atoms with Gasteiger partial charge in [0.25, 0.3) is 0 Å². The quantitative estimate of drug-likeness (QED) is 0.397. The van der Waals surface area contributed by atoms with Crippen molar-refractivity contribution in [2.45, 2.75) is 50.1 Å². The van der Waals surface area contributed by atoms with Gasteiger partial charge in [0, 0.05) is 12.1 Å². The smallest absolute Gasteiger partial charge is 0.233 e. The molecule has 0 spiro atoms. The minimum Gasteiger partial charge on any atom is -0.352 e. The standard InChI is InChI=1S/C25H30N4OS/c1-6-16-26-23(30)18(2)31-24-28-27-22(29(24)17-19-10-8-7-9-11-19)20-12-14-21(15-13-20)25(3,4)5/h6-15,18H,1,16-17H2,2-5H3,(H,26,30). The molecule has 0 saturated carbocycles. The number of amides is 1. The Labute approximate surface area is 189 Å². The van der Waals surface area contributed by atoms with Crippen LogP contribution in [0.25, 0.3) is 11.4 Å². The highest BCUT2D eigenvalue weighted by atomic mass is 32.2. The molecule has 0 fully saturated rings. The minimum absolute atomic E-state index is 0.0461. The number of benzene rings is 2. The first-order valence-electron chi connectivity index (χ1n) is 10.4. The predicted molar refractivity (Wildman–Crippen MR) is 128 cm³/mol. The topological polar surface area (TPSA) is 59.8 Å². The second kappa shape index (κ2) is 9.96. The number of nitrogens with zero attached hydrogens (tertiary/aromatic N) is 3. The first kappa shape index (κ1) is 22.8. The van der Waals surface area contributed by atoms with Gasteiger partial charge < -0.3 is 5.32 Å². The fourth-order valence-electron chi connectivity index (χ4n) is 3.15. The molecule has 0 saturated heterocycles. The summed E-state index contributed by atoms with van der Waals surface area (Å²) in [6.07, 6.45) is 1.67. The van der Waals surface area contributed by atoms with Gasteiger partial charge in [0.2, 0.25) is 5.91 Å². The molecule has 0 radical (unpaired) electrons. The monoisotopic (exact) mass is 434 g/mol. The van der Waals surface area contributed by atoms with Crippen LogP contribution >= 0.6 is 11.8 Å². The van der Waals surface area contributed by atoms with Crippen LogP contribution in [0.4, 0.5) is 0 Å². The average Bonchev–Trinajstić information content (AvgIpc) is 3.14. The van der Waals surface area contributed by atoms with Crippen molar-refractivity contribution in [2.24, 2.45) is 0 Å². The van der Waals surface area contributed by atoms with Gasteiger partial charge in [-0.3, -0.25) is 9.36 Å². The molecule has 6 heteroatoms. The molecule has 3 aromatic rings. The second-order valence-corrected chi connectivity index (χ2v) is 9.81. The van der Waals surface area contributed by atoms with Crippen molar-refractivity contribution in [3.63, 3.8) is 0 Å². The van der Waals surface area contributed by atoms with Gasteiger partial charge in [-0.25, -0.2) is 0 Å². The lowest BCUT2D eigenvalue weighted by atomic mass is 9.87. The number of thioether (sulfide) groups is 1. The van der Waals surface area contributed by atoms with Crippen LogP contribution in [0.3, 0.4) is 0 Å². The lowest BCUT2D eigenvalue weighted by molar-refractivity contribution is -0.120. The van der Waals surface area contributed by atoms with Crippen LogP contribution in [0.5, 0.6) is 0 Å². The fraction of sp³-hybridized carbons (Fsp3) is 0.320. The van der Waals surface area contributed by atoms with Gasteiger partial charge in [0.15, 0.2) is 11.0 Å². The SMILES string of the molecule is C=CCNC(=O)C(C)Sc1nnc(-c2ccc(C(C)(C)C)cc2)n1Cc1ccccc1. The highest BCUT2D eigenvalue weighted by Crippen LogP contribution is 2.30. The van der Waals surface area contributed by atoms with E-state index >= 15 is 0 Å². The van der Waals surface area contributed by atoms with Gasteiger partial charge >= 0.3 is 0 Å². The number of aromatic nitrogens is 3. The van der Waals surface area contributed by atoms with Crippen molar-refractivity contribution in [2.75, 3.05) is 6.54 Å². The molecule has 162 valence electrons. The second-order valence-electron chi connectivity index (χ2n) is 8.50. The third-order valence-electron chi connectivity index (χ3n) is 4.98. The van der Waals surface area contributed by atoms with Crippen molar-refractivity contribution in [1.82, 2.24) is 20.1 Å². The summed E-state index contributed by atoms with van der Waals surface area (Å²) in [6, 6.07) is 18.7. The van der Waals surface area contributed by atoms with E-state index in [1.165, 1.54) is 17.3 Å². The molecular weight excluding hydrogens is 404 g/mol. The van der Waals surface area contributed by atoms with Crippen molar-refractivity contribution >= 4 is 17.7 Å². The number of nitrogens with one attached hydrogen (secondary N) is 1. The van der Waals surface area contributed by atoms with Crippen LogP contribution < -0.4 is 5.32 Å². The summed E-state index contributed by atoms with van der Waals surface area (Å²) in [7, 11) is 0. The lowest BCUT2D eigenvalue weighted by Crippen LogP contribution is -2.31. The fourth-order valence-corrected chi connectivity index (χ4v) is 4.02. The first-order valence-corrected chi connectivity index (χ1v) is 11.3. The molecule has 0 bridgehead atoms. The van der Waals surface area contributed by atoms with Crippen LogP contribution in [-0.2, 0) is 16.8 Å². The van der Waals surface area contributed by atoms with Crippen LogP contribution in [0.15, 0.2) is 72.4 Å². The molecule has 1 aromatic heterocycles. The van der Waals surface area contributed by atoms with E-state index in [0.29, 0.717) is 13.1 Å². The summed E-state index contributed by atoms with van der Waals surface area (Å²) >= 11 is 1.41. The van der Waals surface area contributed by atoms with E-state index in [1.807, 2.05) is 25.1 Å². The maximum Gasteiger partial charge on any atom is 0.233 e. The molecule has 1 unspecified atom stereocenters. The Balaban J connectivity index is 1.94. The van der Waals surface area contributed by atoms with Gasteiger partial charge in [0.1, 0.15) is 0 Å². The molecule has 0 aliphatic rings. The third-order valence-corrected chi connectivity index (χ3v) is 6.06. The number of rotatable bonds is 8. The highest BCUT2D eigenvalue weighted by molar-refractivity contribution is 8.00. The van der Waals surface area contributed by atoms with E-state index in [9.17, 15) is 4.79 Å². The van der Waals surface area contributed by atoms with E-state index in [-0.39, 0.29) is 16.6 Å². The zero-order chi connectivity index (χ0) is 22.4. The summed E-state index contributed by atoms with van der Waals surface area (Å²) in [4.78, 5) is 12.3. The summed E-state index contributed by atoms with van der Waals surface area (Å²) in [5.41, 5.74) is 3.52. The molecule has 1 amide bonds. The lowest BCUT2D eigenvalue weighted by Gasteiger charge is -2.19. The Morgan fingerprint density at radius 2 is 1.81 bits per heavy atom. The molecule has 1 N–H and O–H groups in total. The number of carbonyl (C=O) groups excluding carboxylic acids is 1. The van der Waals surface area contributed by atoms with Gasteiger partial charge in [0.05, 0.1) is 11.8 Å². The van der Waals surface area contributed by atoms with E-state index in [2.05, 4.69) is 83.8 Å². The zero-order valence-electron chi connectivity index (χ0n) is 18.6. The molecule has 2 aromatic carbocycles. The molecule has 3 rings (SSSR count). The van der Waals surface area contributed by atoms with E-state index < -0.39 is 0 Å². The Bertz CT molecular complexity index is 1020. The molecule has 5 nitrogen and oxygen atoms in total. The van der Waals surface area contributed by atoms with E-state index in [4.69, 9.17) is 0 Å². The summed E-state index contributed by atoms with van der Waals surface area (Å²) in [5, 5.41) is 12.2. The number of hydrogen-bond donors (Lipinski definition) is 1. The van der Waals surface area contributed by atoms with Crippen molar-refractivity contribution in [1.29, 1.82) is 0 Å². The molecule has 1 heterocycles. The summed E-state index contributed by atoms with van der Waals surface area (Å²) in [5.74, 6) is 0.751. The Hall–Kier alpha value is -2.86. The number of carbonyl (C=O) groups is 1. The predicted octanol–water partition coefficient (Wildman–Crippen LogP) is 5.07. The minimum atomic E-state index is -0.296. The normalized spacial score (nSPS) is 12.4. The number of hydrogen-bond acceptors (Lipinski definition) is 4. The van der Waals surface area contributed by atoms with E-state index in [0.717, 1.165) is 22.1 Å². The third kappa shape index (κ3) is 5.85. The van der Waals surface area contributed by atoms with Crippen molar-refractivity contribution in [3.8, 4) is 11.4 Å². The first-order chi connectivity index (χ1) is 14.8. The molecule has 1 atom stereocenters. The maximum atomic E-state index is 12.3. The van der Waals surface area contributed by atoms with Gasteiger partial charge in [-0.2, -0.15) is 0 Å². The van der Waals surface area contributed by atoms with Crippen LogP contribution in [0.1, 0.15) is 38.8 Å². The summed E-state index contributed by atoms with van der Waals surface area (Å²) < 4.78 is 2.09. The average molecular weight is 435 g/mol. The summed E-state index contributed by atoms with van der Waals surface area (Å²) in [6.45, 7) is 13.2. The largest absolute Gasteiger partial charge is 0.352 e. The molecule has 31 heavy (non-hydrogen) atoms. The highest BCUT2D eigenvalue weighted by Gasteiger charge is 2.21. The Morgan fingerprint density at radius 3 is 2.42 bits per heavy atom. The molecule has 0 aliphatic heterocycles. The van der Waals surface area contributed by atoms with E-state index in [1.54, 1.807) is 6.08 Å². The van der Waals surface area contributed by atoms with Gasteiger partial charge in [-0.15, -0.1) is 16.8 Å². The maximum absolute atomic E-state index is 12.3. The Morgan fingerprint density at radius 1 is 1.13 bits per heavy atom. The van der Waals surface area contributed by atoms with Crippen LogP contribution in [-0.4, -0.2) is 32.5 Å². The van der Waals surface area contributed by atoms with Gasteiger partial charge in [-0.1, -0.05) is 93.2 Å². The van der Waals surface area contributed by atoms with Crippen LogP contribution in [0, 0.1) is 0 Å². The van der Waals surface area contributed by atoms with Crippen LogP contribution in [0.2, 0.25) is 0 Å². The zero-order valence-corrected chi connectivity index (χ0v) is 19.4.